The Balaban J connectivity index is 0.000000246. The van der Waals surface area contributed by atoms with Gasteiger partial charge in [-0.05, 0) is 43.4 Å². The predicted molar refractivity (Wildman–Crippen MR) is 90.1 cm³/mol. The number of Topliss-reactive ketones (excluding diaryl/α,β-unsaturated/α-hetero) is 1. The highest BCUT2D eigenvalue weighted by Gasteiger charge is 2.14. The van der Waals surface area contributed by atoms with Crippen molar-refractivity contribution in [3.05, 3.63) is 34.9 Å². The zero-order valence-electron chi connectivity index (χ0n) is 14.0. The Kier molecular flexibility index (Phi) is 7.07. The Labute approximate surface area is 134 Å². The summed E-state index contributed by atoms with van der Waals surface area (Å²) in [5.41, 5.74) is 4.10. The number of ketones is 1. The van der Waals surface area contributed by atoms with E-state index in [0.717, 1.165) is 19.6 Å². The average molecular weight is 303 g/mol. The van der Waals surface area contributed by atoms with Gasteiger partial charge < -0.3 is 10.1 Å². The Morgan fingerprint density at radius 2 is 1.82 bits per heavy atom. The van der Waals surface area contributed by atoms with Gasteiger partial charge in [-0.25, -0.2) is 0 Å². The summed E-state index contributed by atoms with van der Waals surface area (Å²) >= 11 is 0. The Bertz CT molecular complexity index is 450. The first-order valence-corrected chi connectivity index (χ1v) is 8.56. The van der Waals surface area contributed by atoms with E-state index >= 15 is 0 Å². The number of carbonyl (C=O) groups is 1. The SMILES string of the molecule is Cc1cccc(C)c1COC1CCCCC1.O=C1CCNC1. The van der Waals surface area contributed by atoms with Gasteiger partial charge in [0.05, 0.1) is 19.3 Å². The monoisotopic (exact) mass is 303 g/mol. The van der Waals surface area contributed by atoms with Crippen molar-refractivity contribution in [2.45, 2.75) is 65.1 Å². The number of carbonyl (C=O) groups excluding carboxylic acids is 1. The molecule has 0 bridgehead atoms. The van der Waals surface area contributed by atoms with E-state index in [-0.39, 0.29) is 0 Å². The molecule has 1 saturated heterocycles. The van der Waals surface area contributed by atoms with E-state index < -0.39 is 0 Å². The minimum Gasteiger partial charge on any atom is -0.374 e. The number of hydrogen-bond acceptors (Lipinski definition) is 3. The van der Waals surface area contributed by atoms with Crippen molar-refractivity contribution in [2.24, 2.45) is 0 Å². The number of hydrogen-bond donors (Lipinski definition) is 1. The molecule has 1 aromatic carbocycles. The first kappa shape index (κ1) is 17.2. The molecule has 0 unspecified atom stereocenters. The average Bonchev–Trinajstić information content (AvgIpc) is 3.00. The third kappa shape index (κ3) is 5.54. The molecular weight excluding hydrogens is 274 g/mol. The van der Waals surface area contributed by atoms with Gasteiger partial charge in [0.15, 0.2) is 0 Å². The highest BCUT2D eigenvalue weighted by Crippen LogP contribution is 2.23. The lowest BCUT2D eigenvalue weighted by atomic mass is 9.97. The molecule has 3 rings (SSSR count). The van der Waals surface area contributed by atoms with Crippen molar-refractivity contribution < 1.29 is 9.53 Å². The van der Waals surface area contributed by atoms with Crippen molar-refractivity contribution in [3.63, 3.8) is 0 Å². The summed E-state index contributed by atoms with van der Waals surface area (Å²) in [5, 5.41) is 2.92. The van der Waals surface area contributed by atoms with Gasteiger partial charge in [0.1, 0.15) is 5.78 Å². The standard InChI is InChI=1S/C15H22O.C4H7NO/c1-12-7-6-8-13(2)15(12)11-16-14-9-4-3-5-10-14;6-4-1-2-5-3-4/h6-8,14H,3-5,9-11H2,1-2H3;5H,1-3H2. The van der Waals surface area contributed by atoms with Crippen LogP contribution in [0.15, 0.2) is 18.2 Å². The van der Waals surface area contributed by atoms with E-state index in [0.29, 0.717) is 18.4 Å². The molecule has 122 valence electrons. The molecule has 1 saturated carbocycles. The fraction of sp³-hybridized carbons (Fsp3) is 0.632. The molecule has 22 heavy (non-hydrogen) atoms. The van der Waals surface area contributed by atoms with Crippen LogP contribution in [0.5, 0.6) is 0 Å². The molecule has 3 nitrogen and oxygen atoms in total. The minimum absolute atomic E-state index is 0.343. The molecule has 2 aliphatic rings. The molecule has 1 heterocycles. The first-order chi connectivity index (χ1) is 10.7. The van der Waals surface area contributed by atoms with Crippen LogP contribution < -0.4 is 5.32 Å². The lowest BCUT2D eigenvalue weighted by Gasteiger charge is -2.23. The highest BCUT2D eigenvalue weighted by atomic mass is 16.5. The lowest BCUT2D eigenvalue weighted by molar-refractivity contribution is -0.116. The molecule has 0 atom stereocenters. The van der Waals surface area contributed by atoms with E-state index in [4.69, 9.17) is 4.74 Å². The first-order valence-electron chi connectivity index (χ1n) is 8.56. The van der Waals surface area contributed by atoms with E-state index in [1.807, 2.05) is 0 Å². The second-order valence-electron chi connectivity index (χ2n) is 6.41. The van der Waals surface area contributed by atoms with E-state index in [1.54, 1.807) is 0 Å². The third-order valence-electron chi connectivity index (χ3n) is 4.56. The summed E-state index contributed by atoms with van der Waals surface area (Å²) in [6.45, 7) is 6.63. The molecule has 1 N–H and O–H groups in total. The number of nitrogens with one attached hydrogen (secondary N) is 1. The van der Waals surface area contributed by atoms with Crippen molar-refractivity contribution in [1.82, 2.24) is 5.32 Å². The van der Waals surface area contributed by atoms with Gasteiger partial charge in [-0.2, -0.15) is 0 Å². The summed E-state index contributed by atoms with van der Waals surface area (Å²) in [6.07, 6.45) is 7.83. The Morgan fingerprint density at radius 1 is 1.14 bits per heavy atom. The number of benzene rings is 1. The molecule has 0 radical (unpaired) electrons. The van der Waals surface area contributed by atoms with Crippen LogP contribution in [0, 0.1) is 13.8 Å². The third-order valence-corrected chi connectivity index (χ3v) is 4.56. The predicted octanol–water partition coefficient (Wildman–Crippen LogP) is 3.70. The number of rotatable bonds is 3. The van der Waals surface area contributed by atoms with E-state index in [2.05, 4.69) is 37.4 Å². The molecule has 0 spiro atoms. The number of ether oxygens (including phenoxy) is 1. The molecule has 0 aromatic heterocycles. The van der Waals surface area contributed by atoms with Crippen LogP contribution >= 0.6 is 0 Å². The normalized spacial score (nSPS) is 18.9. The van der Waals surface area contributed by atoms with Crippen LogP contribution in [0.4, 0.5) is 0 Å². The summed E-state index contributed by atoms with van der Waals surface area (Å²) in [4.78, 5) is 10.2. The largest absolute Gasteiger partial charge is 0.374 e. The fourth-order valence-corrected chi connectivity index (χ4v) is 3.05. The van der Waals surface area contributed by atoms with Crippen molar-refractivity contribution in [3.8, 4) is 0 Å². The Morgan fingerprint density at radius 3 is 2.32 bits per heavy atom. The van der Waals surface area contributed by atoms with Crippen molar-refractivity contribution in [2.75, 3.05) is 13.1 Å². The zero-order valence-corrected chi connectivity index (χ0v) is 14.0. The van der Waals surface area contributed by atoms with Gasteiger partial charge >= 0.3 is 0 Å². The summed E-state index contributed by atoms with van der Waals surface area (Å²) in [6, 6.07) is 6.47. The minimum atomic E-state index is 0.343. The van der Waals surface area contributed by atoms with Crippen LogP contribution in [-0.4, -0.2) is 25.0 Å². The van der Waals surface area contributed by atoms with E-state index in [1.165, 1.54) is 48.8 Å². The maximum Gasteiger partial charge on any atom is 0.147 e. The molecular formula is C19H29NO2. The smallest absolute Gasteiger partial charge is 0.147 e. The maximum absolute atomic E-state index is 10.2. The zero-order chi connectivity index (χ0) is 15.8. The fourth-order valence-electron chi connectivity index (χ4n) is 3.05. The van der Waals surface area contributed by atoms with Gasteiger partial charge in [-0.15, -0.1) is 0 Å². The van der Waals surface area contributed by atoms with Gasteiger partial charge in [0, 0.05) is 13.0 Å². The highest BCUT2D eigenvalue weighted by molar-refractivity contribution is 5.82. The van der Waals surface area contributed by atoms with Gasteiger partial charge in [0.25, 0.3) is 0 Å². The van der Waals surface area contributed by atoms with Crippen LogP contribution in [0.1, 0.15) is 55.2 Å². The van der Waals surface area contributed by atoms with Crippen LogP contribution in [-0.2, 0) is 16.1 Å². The van der Waals surface area contributed by atoms with E-state index in [9.17, 15) is 4.79 Å². The number of aryl methyl sites for hydroxylation is 2. The van der Waals surface area contributed by atoms with Gasteiger partial charge in [-0.3, -0.25) is 4.79 Å². The van der Waals surface area contributed by atoms with Gasteiger partial charge in [-0.1, -0.05) is 37.5 Å². The van der Waals surface area contributed by atoms with Crippen LogP contribution in [0.3, 0.4) is 0 Å². The summed E-state index contributed by atoms with van der Waals surface area (Å²) in [5.74, 6) is 0.343. The van der Waals surface area contributed by atoms with Gasteiger partial charge in [0.2, 0.25) is 0 Å². The molecule has 2 fully saturated rings. The van der Waals surface area contributed by atoms with Crippen LogP contribution in [0.25, 0.3) is 0 Å². The molecule has 1 aliphatic heterocycles. The quantitative estimate of drug-likeness (QED) is 0.925. The molecule has 0 amide bonds. The summed E-state index contributed by atoms with van der Waals surface area (Å²) < 4.78 is 6.03. The molecule has 3 heteroatoms. The van der Waals surface area contributed by atoms with Crippen molar-refractivity contribution in [1.29, 1.82) is 0 Å². The topological polar surface area (TPSA) is 38.3 Å². The van der Waals surface area contributed by atoms with Crippen molar-refractivity contribution >= 4 is 5.78 Å². The molecule has 1 aliphatic carbocycles. The second-order valence-corrected chi connectivity index (χ2v) is 6.41. The summed E-state index contributed by atoms with van der Waals surface area (Å²) in [7, 11) is 0. The lowest BCUT2D eigenvalue weighted by Crippen LogP contribution is -2.16. The second kappa shape index (κ2) is 9.06. The maximum atomic E-state index is 10.2. The Hall–Kier alpha value is -1.19. The van der Waals surface area contributed by atoms with Crippen LogP contribution in [0.2, 0.25) is 0 Å². The molecule has 1 aromatic rings.